The summed E-state index contributed by atoms with van der Waals surface area (Å²) in [6.07, 6.45) is 0. The van der Waals surface area contributed by atoms with E-state index in [1.165, 1.54) is 15.6 Å². The van der Waals surface area contributed by atoms with Crippen molar-refractivity contribution in [3.05, 3.63) is 47.3 Å². The molecule has 0 amide bonds. The molecule has 1 aliphatic heterocycles. The molecular formula is C18H25N3O3S2. The van der Waals surface area contributed by atoms with Crippen LogP contribution in [0, 0.1) is 0 Å². The van der Waals surface area contributed by atoms with Crippen LogP contribution in [0.15, 0.2) is 46.0 Å². The average Bonchev–Trinajstić information content (AvgIpc) is 3.16. The van der Waals surface area contributed by atoms with Gasteiger partial charge in [-0.1, -0.05) is 18.2 Å². The number of nitrogens with two attached hydrogens (primary N) is 1. The lowest BCUT2D eigenvalue weighted by atomic mass is 9.98. The van der Waals surface area contributed by atoms with Crippen molar-refractivity contribution in [2.75, 3.05) is 31.1 Å². The Balaban J connectivity index is 1.78. The zero-order chi connectivity index (χ0) is 18.9. The fourth-order valence-electron chi connectivity index (χ4n) is 3.19. The van der Waals surface area contributed by atoms with Gasteiger partial charge in [0.15, 0.2) is 0 Å². The Morgan fingerprint density at radius 1 is 1.23 bits per heavy atom. The van der Waals surface area contributed by atoms with Gasteiger partial charge in [-0.15, -0.1) is 11.3 Å². The van der Waals surface area contributed by atoms with E-state index in [1.54, 1.807) is 31.4 Å². The van der Waals surface area contributed by atoms with Gasteiger partial charge in [-0.2, -0.15) is 4.31 Å². The van der Waals surface area contributed by atoms with Gasteiger partial charge in [0.2, 0.25) is 0 Å². The fourth-order valence-corrected chi connectivity index (χ4v) is 5.80. The second kappa shape index (κ2) is 7.28. The Bertz CT molecular complexity index is 828. The molecule has 26 heavy (non-hydrogen) atoms. The van der Waals surface area contributed by atoms with Crippen molar-refractivity contribution in [3.63, 3.8) is 0 Å². The number of hydrogen-bond acceptors (Lipinski definition) is 6. The van der Waals surface area contributed by atoms with Crippen LogP contribution in [-0.2, 0) is 15.6 Å². The third kappa shape index (κ3) is 3.79. The van der Waals surface area contributed by atoms with E-state index in [-0.39, 0.29) is 6.04 Å². The highest BCUT2D eigenvalue weighted by atomic mass is 32.2. The Kier molecular flexibility index (Phi) is 5.41. The number of aliphatic hydroxyl groups is 1. The summed E-state index contributed by atoms with van der Waals surface area (Å²) in [5.41, 5.74) is 6.89. The molecule has 8 heteroatoms. The van der Waals surface area contributed by atoms with Gasteiger partial charge in [0.05, 0.1) is 11.6 Å². The number of benzene rings is 1. The molecule has 1 aromatic carbocycles. The topological polar surface area (TPSA) is 86.9 Å². The van der Waals surface area contributed by atoms with Crippen LogP contribution in [0.1, 0.15) is 19.4 Å². The first kappa shape index (κ1) is 19.3. The lowest BCUT2D eigenvalue weighted by Gasteiger charge is -2.41. The molecule has 2 heterocycles. The molecule has 1 fully saturated rings. The van der Waals surface area contributed by atoms with E-state index in [0.717, 1.165) is 11.3 Å². The maximum absolute atomic E-state index is 12.8. The molecule has 142 valence electrons. The van der Waals surface area contributed by atoms with Crippen LogP contribution in [0.3, 0.4) is 0 Å². The van der Waals surface area contributed by atoms with Gasteiger partial charge in [0, 0.05) is 31.9 Å². The predicted molar refractivity (Wildman–Crippen MR) is 105 cm³/mol. The highest BCUT2D eigenvalue weighted by molar-refractivity contribution is 7.91. The molecule has 1 atom stereocenters. The second-order valence-corrected chi connectivity index (χ2v) is 10.1. The lowest BCUT2D eigenvalue weighted by molar-refractivity contribution is 0.0786. The van der Waals surface area contributed by atoms with Crippen molar-refractivity contribution in [2.45, 2.75) is 29.7 Å². The Morgan fingerprint density at radius 3 is 2.46 bits per heavy atom. The maximum Gasteiger partial charge on any atom is 0.252 e. The number of nitrogens with zero attached hydrogens (tertiary/aromatic N) is 2. The van der Waals surface area contributed by atoms with Crippen LogP contribution >= 0.6 is 11.3 Å². The number of piperazine rings is 1. The van der Waals surface area contributed by atoms with Crippen molar-refractivity contribution >= 4 is 27.0 Å². The molecule has 1 aliphatic rings. The SMILES string of the molecule is CC(C)(O)c1ccc(N2CCN(S(=O)(=O)c3cccs3)C[C@@H]2CN)cc1. The first-order valence-corrected chi connectivity index (χ1v) is 10.9. The first-order valence-electron chi connectivity index (χ1n) is 8.57. The van der Waals surface area contributed by atoms with Crippen LogP contribution in [0.5, 0.6) is 0 Å². The van der Waals surface area contributed by atoms with Crippen LogP contribution < -0.4 is 10.6 Å². The molecule has 1 aromatic heterocycles. The summed E-state index contributed by atoms with van der Waals surface area (Å²) >= 11 is 1.24. The van der Waals surface area contributed by atoms with Crippen molar-refractivity contribution in [2.24, 2.45) is 5.73 Å². The quantitative estimate of drug-likeness (QED) is 0.806. The van der Waals surface area contributed by atoms with Crippen LogP contribution in [-0.4, -0.2) is 50.1 Å². The standard InChI is InChI=1S/C18H25N3O3S2/c1-18(2,22)14-5-7-15(8-6-14)21-10-9-20(13-16(21)12-19)26(23,24)17-4-3-11-25-17/h3-8,11,16,22H,9-10,12-13,19H2,1-2H3/t16-/m0/s1. The Labute approximate surface area is 158 Å². The van der Waals surface area contributed by atoms with E-state index < -0.39 is 15.6 Å². The van der Waals surface area contributed by atoms with Crippen molar-refractivity contribution in [1.82, 2.24) is 4.31 Å². The number of sulfonamides is 1. The summed E-state index contributed by atoms with van der Waals surface area (Å²) in [5, 5.41) is 11.9. The molecule has 0 saturated carbocycles. The molecule has 0 spiro atoms. The van der Waals surface area contributed by atoms with Crippen LogP contribution in [0.4, 0.5) is 5.69 Å². The minimum absolute atomic E-state index is 0.0912. The van der Waals surface area contributed by atoms with Gasteiger partial charge in [-0.05, 0) is 43.0 Å². The maximum atomic E-state index is 12.8. The Morgan fingerprint density at radius 2 is 1.92 bits per heavy atom. The summed E-state index contributed by atoms with van der Waals surface area (Å²) in [5.74, 6) is 0. The van der Waals surface area contributed by atoms with E-state index >= 15 is 0 Å². The number of anilines is 1. The second-order valence-electron chi connectivity index (χ2n) is 6.98. The van der Waals surface area contributed by atoms with Crippen molar-refractivity contribution in [3.8, 4) is 0 Å². The molecule has 6 nitrogen and oxygen atoms in total. The first-order chi connectivity index (χ1) is 12.2. The van der Waals surface area contributed by atoms with Gasteiger partial charge in [-0.25, -0.2) is 8.42 Å². The van der Waals surface area contributed by atoms with E-state index in [2.05, 4.69) is 4.90 Å². The van der Waals surface area contributed by atoms with Gasteiger partial charge in [-0.3, -0.25) is 0 Å². The number of rotatable bonds is 5. The minimum Gasteiger partial charge on any atom is -0.386 e. The van der Waals surface area contributed by atoms with Gasteiger partial charge < -0.3 is 15.7 Å². The summed E-state index contributed by atoms with van der Waals surface area (Å²) < 4.78 is 27.4. The molecule has 3 rings (SSSR count). The highest BCUT2D eigenvalue weighted by Crippen LogP contribution is 2.28. The molecular weight excluding hydrogens is 370 g/mol. The van der Waals surface area contributed by atoms with E-state index in [9.17, 15) is 13.5 Å². The predicted octanol–water partition coefficient (Wildman–Crippen LogP) is 1.81. The smallest absolute Gasteiger partial charge is 0.252 e. The monoisotopic (exact) mass is 395 g/mol. The van der Waals surface area contributed by atoms with Gasteiger partial charge in [0.25, 0.3) is 10.0 Å². The third-order valence-corrected chi connectivity index (χ3v) is 7.95. The normalized spacial score (nSPS) is 19.7. The van der Waals surface area contributed by atoms with E-state index in [0.29, 0.717) is 30.4 Å². The summed E-state index contributed by atoms with van der Waals surface area (Å²) in [7, 11) is -3.46. The van der Waals surface area contributed by atoms with Crippen LogP contribution in [0.25, 0.3) is 0 Å². The summed E-state index contributed by atoms with van der Waals surface area (Å²) in [6.45, 7) is 5.23. The Hall–Kier alpha value is -1.45. The molecule has 0 unspecified atom stereocenters. The van der Waals surface area contributed by atoms with Crippen molar-refractivity contribution in [1.29, 1.82) is 0 Å². The molecule has 0 aliphatic carbocycles. The molecule has 0 radical (unpaired) electrons. The highest BCUT2D eigenvalue weighted by Gasteiger charge is 2.34. The number of thiophene rings is 1. The van der Waals surface area contributed by atoms with E-state index in [4.69, 9.17) is 5.73 Å². The average molecular weight is 396 g/mol. The molecule has 3 N–H and O–H groups in total. The van der Waals surface area contributed by atoms with E-state index in [1.807, 2.05) is 24.3 Å². The molecule has 0 bridgehead atoms. The lowest BCUT2D eigenvalue weighted by Crippen LogP contribution is -2.57. The zero-order valence-electron chi connectivity index (χ0n) is 15.0. The van der Waals surface area contributed by atoms with Gasteiger partial charge in [0.1, 0.15) is 4.21 Å². The molecule has 2 aromatic rings. The fraction of sp³-hybridized carbons (Fsp3) is 0.444. The summed E-state index contributed by atoms with van der Waals surface area (Å²) in [4.78, 5) is 2.15. The largest absolute Gasteiger partial charge is 0.386 e. The molecule has 1 saturated heterocycles. The third-order valence-electron chi connectivity index (χ3n) is 4.71. The zero-order valence-corrected chi connectivity index (χ0v) is 16.6. The van der Waals surface area contributed by atoms with Gasteiger partial charge >= 0.3 is 0 Å². The minimum atomic E-state index is -3.46. The van der Waals surface area contributed by atoms with Crippen LogP contribution in [0.2, 0.25) is 0 Å². The summed E-state index contributed by atoms with van der Waals surface area (Å²) in [6, 6.07) is 11.0. The number of hydrogen-bond donors (Lipinski definition) is 2. The van der Waals surface area contributed by atoms with Crippen molar-refractivity contribution < 1.29 is 13.5 Å².